The van der Waals surface area contributed by atoms with E-state index in [0.717, 1.165) is 0 Å². The average molecular weight is 405 g/mol. The Kier molecular flexibility index (Phi) is 5.67. The first-order valence-electron chi connectivity index (χ1n) is 7.83. The summed E-state index contributed by atoms with van der Waals surface area (Å²) in [5.74, 6) is 0.292. The zero-order chi connectivity index (χ0) is 19.3. The standard InChI is InChI=1S/C17H15N3O5S2/c21-20(22)14-5-4-6-15(13-14)25-11-10-19(17-18-9-12-26-17)27(23,24)16-7-2-1-3-8-16/h1-9,12-13H,10-11H2. The van der Waals surface area contributed by atoms with E-state index in [1.165, 1.54) is 52.2 Å². The molecule has 8 nitrogen and oxygen atoms in total. The second kappa shape index (κ2) is 8.14. The molecule has 1 heterocycles. The van der Waals surface area contributed by atoms with Crippen LogP contribution in [0.1, 0.15) is 0 Å². The van der Waals surface area contributed by atoms with Gasteiger partial charge in [-0.15, -0.1) is 11.3 Å². The summed E-state index contributed by atoms with van der Waals surface area (Å²) in [6.07, 6.45) is 1.52. The number of non-ortho nitro benzene ring substituents is 1. The molecule has 0 fully saturated rings. The Hall–Kier alpha value is -2.98. The highest BCUT2D eigenvalue weighted by atomic mass is 32.2. The molecule has 1 aromatic heterocycles. The Morgan fingerprint density at radius 3 is 2.59 bits per heavy atom. The Balaban J connectivity index is 1.78. The maximum absolute atomic E-state index is 13.0. The van der Waals surface area contributed by atoms with Gasteiger partial charge < -0.3 is 4.74 Å². The van der Waals surface area contributed by atoms with Gasteiger partial charge in [0.25, 0.3) is 15.7 Å². The van der Waals surface area contributed by atoms with E-state index in [2.05, 4.69) is 4.98 Å². The smallest absolute Gasteiger partial charge is 0.273 e. The number of rotatable bonds is 8. The second-order valence-electron chi connectivity index (χ2n) is 5.31. The average Bonchev–Trinajstić information content (AvgIpc) is 3.20. The van der Waals surface area contributed by atoms with Crippen LogP contribution >= 0.6 is 11.3 Å². The van der Waals surface area contributed by atoms with E-state index in [4.69, 9.17) is 4.74 Å². The second-order valence-corrected chi connectivity index (χ2v) is 8.04. The normalized spacial score (nSPS) is 11.1. The molecule has 3 rings (SSSR count). The lowest BCUT2D eigenvalue weighted by Crippen LogP contribution is -2.34. The number of hydrogen-bond donors (Lipinski definition) is 0. The Morgan fingerprint density at radius 1 is 1.15 bits per heavy atom. The van der Waals surface area contributed by atoms with Crippen LogP contribution in [0.3, 0.4) is 0 Å². The van der Waals surface area contributed by atoms with E-state index >= 15 is 0 Å². The molecule has 0 unspecified atom stereocenters. The number of nitro groups is 1. The van der Waals surface area contributed by atoms with Gasteiger partial charge in [0.05, 0.1) is 22.4 Å². The molecular formula is C17H15N3O5S2. The van der Waals surface area contributed by atoms with Crippen LogP contribution in [0.5, 0.6) is 5.75 Å². The molecule has 0 atom stereocenters. The first-order valence-corrected chi connectivity index (χ1v) is 10.1. The van der Waals surface area contributed by atoms with Crippen molar-refractivity contribution in [2.75, 3.05) is 17.5 Å². The van der Waals surface area contributed by atoms with Gasteiger partial charge >= 0.3 is 0 Å². The van der Waals surface area contributed by atoms with E-state index in [1.54, 1.807) is 29.6 Å². The summed E-state index contributed by atoms with van der Waals surface area (Å²) in [5.41, 5.74) is -0.0961. The lowest BCUT2D eigenvalue weighted by molar-refractivity contribution is -0.384. The van der Waals surface area contributed by atoms with Crippen molar-refractivity contribution in [3.63, 3.8) is 0 Å². The monoisotopic (exact) mass is 405 g/mol. The molecule has 10 heteroatoms. The molecule has 0 aliphatic heterocycles. The molecule has 0 aliphatic rings. The number of ether oxygens (including phenoxy) is 1. The lowest BCUT2D eigenvalue weighted by Gasteiger charge is -2.21. The predicted octanol–water partition coefficient (Wildman–Crippen LogP) is 3.33. The van der Waals surface area contributed by atoms with Crippen molar-refractivity contribution in [3.05, 3.63) is 76.3 Å². The predicted molar refractivity (Wildman–Crippen MR) is 102 cm³/mol. The van der Waals surface area contributed by atoms with E-state index in [9.17, 15) is 18.5 Å². The van der Waals surface area contributed by atoms with Crippen LogP contribution in [-0.2, 0) is 10.0 Å². The van der Waals surface area contributed by atoms with Crippen molar-refractivity contribution in [1.82, 2.24) is 4.98 Å². The van der Waals surface area contributed by atoms with Gasteiger partial charge in [-0.3, -0.25) is 10.1 Å². The SMILES string of the molecule is O=[N+]([O-])c1cccc(OCCN(c2nccs2)S(=O)(=O)c2ccccc2)c1. The first-order chi connectivity index (χ1) is 13.0. The highest BCUT2D eigenvalue weighted by Crippen LogP contribution is 2.25. The maximum Gasteiger partial charge on any atom is 0.273 e. The lowest BCUT2D eigenvalue weighted by atomic mass is 10.3. The van der Waals surface area contributed by atoms with Crippen LogP contribution in [0.4, 0.5) is 10.8 Å². The number of nitro benzene ring substituents is 1. The molecule has 0 N–H and O–H groups in total. The molecule has 0 radical (unpaired) electrons. The van der Waals surface area contributed by atoms with Crippen LogP contribution < -0.4 is 9.04 Å². The van der Waals surface area contributed by atoms with Gasteiger partial charge in [-0.25, -0.2) is 17.7 Å². The molecule has 140 valence electrons. The molecule has 2 aromatic carbocycles. The van der Waals surface area contributed by atoms with E-state index in [0.29, 0.717) is 10.9 Å². The van der Waals surface area contributed by atoms with Gasteiger partial charge in [0.15, 0.2) is 5.13 Å². The summed E-state index contributed by atoms with van der Waals surface area (Å²) in [7, 11) is -3.81. The van der Waals surface area contributed by atoms with Crippen molar-refractivity contribution in [3.8, 4) is 5.75 Å². The number of benzene rings is 2. The Morgan fingerprint density at radius 2 is 1.93 bits per heavy atom. The third-order valence-corrected chi connectivity index (χ3v) is 6.27. The number of aromatic nitrogens is 1. The Labute approximate surface area is 159 Å². The zero-order valence-corrected chi connectivity index (χ0v) is 15.6. The summed E-state index contributed by atoms with van der Waals surface area (Å²) in [4.78, 5) is 14.6. The summed E-state index contributed by atoms with van der Waals surface area (Å²) in [6.45, 7) is 0.0141. The van der Waals surface area contributed by atoms with Gasteiger partial charge in [-0.1, -0.05) is 24.3 Å². The third-order valence-electron chi connectivity index (χ3n) is 3.56. The summed E-state index contributed by atoms with van der Waals surface area (Å²) in [6, 6.07) is 13.8. The molecule has 27 heavy (non-hydrogen) atoms. The first kappa shape index (κ1) is 18.8. The highest BCUT2D eigenvalue weighted by molar-refractivity contribution is 7.93. The summed E-state index contributed by atoms with van der Waals surface area (Å²) >= 11 is 1.20. The fourth-order valence-electron chi connectivity index (χ4n) is 2.31. The van der Waals surface area contributed by atoms with Gasteiger partial charge in [0.2, 0.25) is 0 Å². The van der Waals surface area contributed by atoms with Crippen molar-refractivity contribution >= 4 is 32.2 Å². The molecular weight excluding hydrogens is 390 g/mol. The van der Waals surface area contributed by atoms with Crippen LogP contribution in [0.25, 0.3) is 0 Å². The van der Waals surface area contributed by atoms with Crippen molar-refractivity contribution in [2.24, 2.45) is 0 Å². The van der Waals surface area contributed by atoms with Crippen LogP contribution in [0.2, 0.25) is 0 Å². The van der Waals surface area contributed by atoms with Crippen molar-refractivity contribution in [2.45, 2.75) is 4.90 Å². The molecule has 3 aromatic rings. The number of thiazole rings is 1. The summed E-state index contributed by atoms with van der Waals surface area (Å²) in [5, 5.41) is 12.8. The van der Waals surface area contributed by atoms with Gasteiger partial charge in [0.1, 0.15) is 12.4 Å². The topological polar surface area (TPSA) is 103 Å². The van der Waals surface area contributed by atoms with E-state index in [-0.39, 0.29) is 23.7 Å². The van der Waals surface area contributed by atoms with Crippen molar-refractivity contribution < 1.29 is 18.1 Å². The fourth-order valence-corrected chi connectivity index (χ4v) is 4.63. The van der Waals surface area contributed by atoms with Gasteiger partial charge in [0, 0.05) is 17.6 Å². The third kappa shape index (κ3) is 4.41. The molecule has 0 saturated carbocycles. The van der Waals surface area contributed by atoms with Crippen LogP contribution in [-0.4, -0.2) is 31.5 Å². The van der Waals surface area contributed by atoms with E-state index < -0.39 is 14.9 Å². The number of nitrogens with zero attached hydrogens (tertiary/aromatic N) is 3. The fraction of sp³-hybridized carbons (Fsp3) is 0.118. The largest absolute Gasteiger partial charge is 0.491 e. The number of hydrogen-bond acceptors (Lipinski definition) is 7. The molecule has 0 bridgehead atoms. The Bertz CT molecular complexity index is 1010. The zero-order valence-electron chi connectivity index (χ0n) is 14.0. The minimum absolute atomic E-state index is 0.00676. The van der Waals surface area contributed by atoms with Crippen molar-refractivity contribution in [1.29, 1.82) is 0 Å². The summed E-state index contributed by atoms with van der Waals surface area (Å²) < 4.78 is 32.6. The maximum atomic E-state index is 13.0. The van der Waals surface area contributed by atoms with Crippen LogP contribution in [0, 0.1) is 10.1 Å². The minimum Gasteiger partial charge on any atom is -0.491 e. The number of sulfonamides is 1. The highest BCUT2D eigenvalue weighted by Gasteiger charge is 2.26. The van der Waals surface area contributed by atoms with Gasteiger partial charge in [-0.2, -0.15) is 0 Å². The van der Waals surface area contributed by atoms with Gasteiger partial charge in [-0.05, 0) is 18.2 Å². The molecule has 0 saturated heterocycles. The van der Waals surface area contributed by atoms with Crippen LogP contribution in [0.15, 0.2) is 71.1 Å². The quantitative estimate of drug-likeness (QED) is 0.421. The minimum atomic E-state index is -3.81. The number of anilines is 1. The molecule has 0 amide bonds. The molecule has 0 aliphatic carbocycles. The molecule has 0 spiro atoms. The van der Waals surface area contributed by atoms with E-state index in [1.807, 2.05) is 0 Å².